The first-order chi connectivity index (χ1) is 20.0. The molecule has 10 heteroatoms. The van der Waals surface area contributed by atoms with Crippen LogP contribution in [0.2, 0.25) is 0 Å². The molecule has 3 N–H and O–H groups in total. The van der Waals surface area contributed by atoms with Gasteiger partial charge >= 0.3 is 0 Å². The maximum atomic E-state index is 13.5. The van der Waals surface area contributed by atoms with Crippen molar-refractivity contribution in [1.29, 1.82) is 0 Å². The average molecular weight is 604 g/mol. The van der Waals surface area contributed by atoms with Crippen LogP contribution in [0, 0.1) is 23.2 Å². The summed E-state index contributed by atoms with van der Waals surface area (Å²) in [5.74, 6) is 9.03. The summed E-state index contributed by atoms with van der Waals surface area (Å²) in [5.41, 5.74) is 0.719. The van der Waals surface area contributed by atoms with Gasteiger partial charge in [-0.2, -0.15) is 0 Å². The predicted octanol–water partition coefficient (Wildman–Crippen LogP) is 3.56. The van der Waals surface area contributed by atoms with Gasteiger partial charge in [0.1, 0.15) is 5.70 Å². The number of carbonyl (C=O) groups is 2. The summed E-state index contributed by atoms with van der Waals surface area (Å²) in [5, 5.41) is 17.1. The van der Waals surface area contributed by atoms with E-state index in [4.69, 9.17) is 0 Å². The summed E-state index contributed by atoms with van der Waals surface area (Å²) >= 11 is 0. The lowest BCUT2D eigenvalue weighted by Crippen LogP contribution is -2.43. The van der Waals surface area contributed by atoms with Crippen molar-refractivity contribution in [3.63, 3.8) is 0 Å². The number of likely N-dealkylation sites (N-methyl/N-ethyl adjacent to an activating group) is 2. The lowest BCUT2D eigenvalue weighted by molar-refractivity contribution is -0.122. The fourth-order valence-electron chi connectivity index (χ4n) is 4.97. The lowest BCUT2D eigenvalue weighted by atomic mass is 9.74. The fraction of sp³-hybridized carbons (Fsp3) is 0.394. The quantitative estimate of drug-likeness (QED) is 0.344. The summed E-state index contributed by atoms with van der Waals surface area (Å²) < 4.78 is 16.1. The van der Waals surface area contributed by atoms with Crippen LogP contribution in [-0.2, 0) is 24.9 Å². The smallest absolute Gasteiger partial charge is 0.273 e. The maximum Gasteiger partial charge on any atom is 0.273 e. The monoisotopic (exact) mass is 603 g/mol. The number of hydrazine groups is 1. The summed E-state index contributed by atoms with van der Waals surface area (Å²) in [6, 6.07) is 13.9. The molecule has 0 spiro atoms. The summed E-state index contributed by atoms with van der Waals surface area (Å²) in [7, 11) is 0.598. The minimum atomic E-state index is -3.18. The van der Waals surface area contributed by atoms with Crippen molar-refractivity contribution in [3.05, 3.63) is 71.4 Å². The highest BCUT2D eigenvalue weighted by Crippen LogP contribution is 2.35. The molecule has 0 aliphatic carbocycles. The number of anilines is 1. The molecule has 2 aromatic rings. The molecule has 2 aromatic carbocycles. The van der Waals surface area contributed by atoms with E-state index in [1.54, 1.807) is 44.3 Å². The van der Waals surface area contributed by atoms with Gasteiger partial charge in [-0.05, 0) is 88.9 Å². The van der Waals surface area contributed by atoms with Crippen LogP contribution in [-0.4, -0.2) is 69.4 Å². The van der Waals surface area contributed by atoms with Gasteiger partial charge in [-0.25, -0.2) is 9.22 Å². The van der Waals surface area contributed by atoms with E-state index in [0.717, 1.165) is 0 Å². The van der Waals surface area contributed by atoms with Crippen molar-refractivity contribution in [2.24, 2.45) is 16.3 Å². The topological polar surface area (TPSA) is 114 Å². The number of hydrogen-bond donors (Lipinski definition) is 3. The van der Waals surface area contributed by atoms with Gasteiger partial charge in [0, 0.05) is 42.5 Å². The predicted molar refractivity (Wildman–Crippen MR) is 173 cm³/mol. The molecule has 2 aliphatic heterocycles. The molecular formula is C33H41N5O4S. The Morgan fingerprint density at radius 1 is 1.16 bits per heavy atom. The first kappa shape index (κ1) is 32.0. The third kappa shape index (κ3) is 7.19. The van der Waals surface area contributed by atoms with Crippen LogP contribution in [0.5, 0.6) is 0 Å². The first-order valence-corrected chi connectivity index (χ1v) is 15.9. The summed E-state index contributed by atoms with van der Waals surface area (Å²) in [6.45, 7) is 9.20. The molecule has 2 aliphatic rings. The number of hydrogen-bond acceptors (Lipinski definition) is 7. The molecule has 43 heavy (non-hydrogen) atoms. The highest BCUT2D eigenvalue weighted by atomic mass is 32.2. The second-order valence-corrected chi connectivity index (χ2v) is 14.1. The Hall–Kier alpha value is -3.91. The van der Waals surface area contributed by atoms with E-state index in [9.17, 15) is 18.9 Å². The van der Waals surface area contributed by atoms with E-state index in [0.29, 0.717) is 33.8 Å². The Bertz CT molecular complexity index is 1650. The summed E-state index contributed by atoms with van der Waals surface area (Å²) in [6.07, 6.45) is 3.88. The zero-order chi connectivity index (χ0) is 31.7. The Morgan fingerprint density at radius 2 is 1.86 bits per heavy atom. The molecule has 228 valence electrons. The highest BCUT2D eigenvalue weighted by molar-refractivity contribution is 7.99. The van der Waals surface area contributed by atoms with Crippen LogP contribution in [0.3, 0.4) is 0 Å². The number of amides is 2. The van der Waals surface area contributed by atoms with Gasteiger partial charge in [-0.3, -0.25) is 19.3 Å². The number of nitrogens with zero attached hydrogens (tertiary/aromatic N) is 3. The SMILES string of the molecule is C=S(=O)(NC(=O)C1C=NC(C)C(C)(C#Cc2cccc(NC(=O)C3=CC(C)N(C)N3C)c2)C1)c1cccc(C(C)(C)O)c1. The van der Waals surface area contributed by atoms with Crippen LogP contribution in [0.1, 0.15) is 52.2 Å². The molecule has 0 saturated carbocycles. The van der Waals surface area contributed by atoms with Gasteiger partial charge in [0.05, 0.1) is 32.7 Å². The standard InChI is InChI=1S/C33H41N5O4S/c1-22-17-29(38(7)37(22)6)31(40)35-27-13-9-11-24(18-27)15-16-33(5)20-25(21-34-23(33)2)30(39)36-43(8,42)28-14-10-12-26(19-28)32(3,4)41/h9-14,17-19,21-23,25,41H,8,20H2,1-7H3,(H,35,40)(H,36,39,42). The van der Waals surface area contributed by atoms with E-state index < -0.39 is 32.5 Å². The van der Waals surface area contributed by atoms with Crippen LogP contribution < -0.4 is 10.0 Å². The Kier molecular flexibility index (Phi) is 8.93. The maximum absolute atomic E-state index is 13.5. The largest absolute Gasteiger partial charge is 0.386 e. The van der Waals surface area contributed by atoms with Gasteiger partial charge < -0.3 is 15.4 Å². The second kappa shape index (κ2) is 12.0. The molecule has 2 heterocycles. The van der Waals surface area contributed by atoms with Crippen molar-refractivity contribution in [2.45, 2.75) is 63.6 Å². The fourth-order valence-corrected chi connectivity index (χ4v) is 6.18. The molecule has 0 fully saturated rings. The third-order valence-electron chi connectivity index (χ3n) is 8.23. The first-order valence-electron chi connectivity index (χ1n) is 14.2. The number of benzene rings is 2. The number of carbonyl (C=O) groups excluding carboxylic acids is 2. The van der Waals surface area contributed by atoms with Gasteiger partial charge in [-0.1, -0.05) is 30.0 Å². The molecule has 0 bridgehead atoms. The zero-order valence-corrected chi connectivity index (χ0v) is 26.7. The molecule has 0 aromatic heterocycles. The van der Waals surface area contributed by atoms with Crippen molar-refractivity contribution >= 4 is 39.3 Å². The van der Waals surface area contributed by atoms with E-state index in [1.807, 2.05) is 75.2 Å². The third-order valence-corrected chi connectivity index (χ3v) is 9.78. The van der Waals surface area contributed by atoms with Gasteiger partial charge in [-0.15, -0.1) is 0 Å². The molecule has 5 unspecified atom stereocenters. The zero-order valence-electron chi connectivity index (χ0n) is 25.8. The van der Waals surface area contributed by atoms with Gasteiger partial charge in [0.25, 0.3) is 5.91 Å². The Balaban J connectivity index is 1.47. The molecule has 5 atom stereocenters. The van der Waals surface area contributed by atoms with Gasteiger partial charge in [0.2, 0.25) is 5.91 Å². The molecule has 0 radical (unpaired) electrons. The Morgan fingerprint density at radius 3 is 2.51 bits per heavy atom. The minimum absolute atomic E-state index is 0.125. The molecule has 0 saturated heterocycles. The van der Waals surface area contributed by atoms with Crippen molar-refractivity contribution in [3.8, 4) is 11.8 Å². The van der Waals surface area contributed by atoms with Crippen molar-refractivity contribution in [1.82, 2.24) is 14.7 Å². The Labute approximate surface area is 255 Å². The van der Waals surface area contributed by atoms with E-state index in [2.05, 4.69) is 32.7 Å². The molecule has 2 amide bonds. The normalized spacial score (nSPS) is 25.3. The number of rotatable bonds is 6. The van der Waals surface area contributed by atoms with Crippen LogP contribution in [0.15, 0.2) is 70.2 Å². The van der Waals surface area contributed by atoms with Crippen molar-refractivity contribution in [2.75, 3.05) is 19.4 Å². The molecular weight excluding hydrogens is 562 g/mol. The lowest BCUT2D eigenvalue weighted by Gasteiger charge is -2.34. The highest BCUT2D eigenvalue weighted by Gasteiger charge is 2.38. The van der Waals surface area contributed by atoms with Crippen molar-refractivity contribution < 1.29 is 18.9 Å². The number of nitrogens with one attached hydrogen (secondary N) is 2. The summed E-state index contributed by atoms with van der Waals surface area (Å²) in [4.78, 5) is 31.1. The molecule has 4 rings (SSSR count). The number of aliphatic hydroxyl groups is 1. The van der Waals surface area contributed by atoms with Crippen LogP contribution in [0.25, 0.3) is 0 Å². The van der Waals surface area contributed by atoms with E-state index in [-0.39, 0.29) is 18.0 Å². The van der Waals surface area contributed by atoms with Crippen LogP contribution in [0.4, 0.5) is 5.69 Å². The number of aliphatic imine (C=N–C) groups is 1. The van der Waals surface area contributed by atoms with Crippen LogP contribution >= 0.6 is 0 Å². The van der Waals surface area contributed by atoms with E-state index >= 15 is 0 Å². The second-order valence-electron chi connectivity index (χ2n) is 12.1. The van der Waals surface area contributed by atoms with E-state index in [1.165, 1.54) is 0 Å². The molecule has 9 nitrogen and oxygen atoms in total. The van der Waals surface area contributed by atoms with Gasteiger partial charge in [0.15, 0.2) is 0 Å². The minimum Gasteiger partial charge on any atom is -0.386 e. The average Bonchev–Trinajstić information content (AvgIpc) is 3.20.